The van der Waals surface area contributed by atoms with Gasteiger partial charge in [0, 0.05) is 31.2 Å². The molecule has 144 valence electrons. The van der Waals surface area contributed by atoms with Crippen molar-refractivity contribution < 1.29 is 17.6 Å². The number of hydrogen-bond acceptors (Lipinski definition) is 3. The third-order valence-corrected chi connectivity index (χ3v) is 7.02. The Morgan fingerprint density at radius 1 is 1.04 bits per heavy atom. The number of rotatable bonds is 4. The van der Waals surface area contributed by atoms with Crippen molar-refractivity contribution in [3.63, 3.8) is 0 Å². The van der Waals surface area contributed by atoms with Gasteiger partial charge in [0.05, 0.1) is 11.4 Å². The minimum atomic E-state index is -3.81. The fourth-order valence-corrected chi connectivity index (χ4v) is 5.07. The van der Waals surface area contributed by atoms with E-state index in [9.17, 15) is 17.6 Å². The van der Waals surface area contributed by atoms with E-state index in [-0.39, 0.29) is 53.4 Å². The topological polar surface area (TPSA) is 57.7 Å². The summed E-state index contributed by atoms with van der Waals surface area (Å²) in [6.45, 7) is 0.720. The van der Waals surface area contributed by atoms with Crippen LogP contribution in [0.15, 0.2) is 47.4 Å². The van der Waals surface area contributed by atoms with Gasteiger partial charge in [-0.2, -0.15) is 4.31 Å². The van der Waals surface area contributed by atoms with Gasteiger partial charge in [-0.15, -0.1) is 0 Å². The summed E-state index contributed by atoms with van der Waals surface area (Å²) >= 11 is 11.9. The predicted molar refractivity (Wildman–Crippen MR) is 102 cm³/mol. The minimum absolute atomic E-state index is 0.0530. The molecule has 9 heteroatoms. The van der Waals surface area contributed by atoms with Crippen LogP contribution in [-0.2, 0) is 21.2 Å². The lowest BCUT2D eigenvalue weighted by atomic mass is 10.1. The zero-order chi connectivity index (χ0) is 19.6. The Balaban J connectivity index is 1.67. The van der Waals surface area contributed by atoms with Gasteiger partial charge in [0.1, 0.15) is 10.7 Å². The fourth-order valence-electron chi connectivity index (χ4n) is 2.91. The van der Waals surface area contributed by atoms with Crippen molar-refractivity contribution in [2.45, 2.75) is 11.3 Å². The number of nitrogens with zero attached hydrogens (tertiary/aromatic N) is 2. The molecule has 1 heterocycles. The van der Waals surface area contributed by atoms with Gasteiger partial charge in [-0.1, -0.05) is 41.4 Å². The van der Waals surface area contributed by atoms with Crippen molar-refractivity contribution in [1.82, 2.24) is 9.21 Å². The number of carbonyl (C=O) groups is 1. The average Bonchev–Trinajstić information content (AvgIpc) is 2.65. The predicted octanol–water partition coefficient (Wildman–Crippen LogP) is 3.21. The van der Waals surface area contributed by atoms with Gasteiger partial charge in [-0.05, 0) is 29.8 Å². The van der Waals surface area contributed by atoms with Crippen molar-refractivity contribution in [2.75, 3.05) is 26.2 Å². The molecule has 1 aliphatic heterocycles. The van der Waals surface area contributed by atoms with E-state index >= 15 is 0 Å². The summed E-state index contributed by atoms with van der Waals surface area (Å²) in [6.07, 6.45) is -0.0560. The molecule has 0 unspecified atom stereocenters. The van der Waals surface area contributed by atoms with Crippen molar-refractivity contribution in [3.8, 4) is 0 Å². The lowest BCUT2D eigenvalue weighted by Gasteiger charge is -2.34. The first-order valence-electron chi connectivity index (χ1n) is 8.25. The molecular formula is C18H17Cl2FN2O3S. The van der Waals surface area contributed by atoms with E-state index in [2.05, 4.69) is 0 Å². The van der Waals surface area contributed by atoms with Gasteiger partial charge in [-0.25, -0.2) is 12.8 Å². The van der Waals surface area contributed by atoms with Crippen LogP contribution < -0.4 is 0 Å². The molecule has 1 fully saturated rings. The van der Waals surface area contributed by atoms with E-state index in [0.717, 1.165) is 0 Å². The molecule has 5 nitrogen and oxygen atoms in total. The van der Waals surface area contributed by atoms with Crippen LogP contribution in [0.25, 0.3) is 0 Å². The molecule has 3 rings (SSSR count). The Bertz CT molecular complexity index is 961. The van der Waals surface area contributed by atoms with E-state index in [1.807, 2.05) is 0 Å². The molecule has 0 saturated carbocycles. The maximum atomic E-state index is 13.7. The molecule has 1 saturated heterocycles. The molecule has 0 radical (unpaired) electrons. The number of piperazine rings is 1. The Labute approximate surface area is 167 Å². The van der Waals surface area contributed by atoms with Gasteiger partial charge < -0.3 is 4.90 Å². The van der Waals surface area contributed by atoms with Crippen molar-refractivity contribution >= 4 is 39.1 Å². The number of sulfonamides is 1. The van der Waals surface area contributed by atoms with E-state index in [0.29, 0.717) is 5.56 Å². The summed E-state index contributed by atoms with van der Waals surface area (Å²) in [5.41, 5.74) is 0.322. The Morgan fingerprint density at radius 2 is 1.70 bits per heavy atom. The maximum absolute atomic E-state index is 13.7. The molecule has 1 aliphatic rings. The van der Waals surface area contributed by atoms with E-state index in [1.54, 1.807) is 18.2 Å². The second-order valence-corrected chi connectivity index (χ2v) is 8.88. The first-order valence-corrected chi connectivity index (χ1v) is 10.4. The van der Waals surface area contributed by atoms with E-state index in [4.69, 9.17) is 23.2 Å². The highest BCUT2D eigenvalue weighted by Crippen LogP contribution is 2.28. The highest BCUT2D eigenvalue weighted by atomic mass is 35.5. The van der Waals surface area contributed by atoms with E-state index in [1.165, 1.54) is 33.5 Å². The lowest BCUT2D eigenvalue weighted by molar-refractivity contribution is -0.131. The third-order valence-electron chi connectivity index (χ3n) is 4.40. The van der Waals surface area contributed by atoms with E-state index < -0.39 is 15.8 Å². The van der Waals surface area contributed by atoms with Crippen LogP contribution in [0.1, 0.15) is 5.56 Å². The molecule has 1 amide bonds. The Kier molecular flexibility index (Phi) is 6.05. The zero-order valence-electron chi connectivity index (χ0n) is 14.2. The summed E-state index contributed by atoms with van der Waals surface area (Å²) in [5, 5.41) is 0.370. The normalized spacial score (nSPS) is 15.7. The molecule has 0 bridgehead atoms. The monoisotopic (exact) mass is 430 g/mol. The first kappa shape index (κ1) is 20.1. The van der Waals surface area contributed by atoms with Crippen LogP contribution in [-0.4, -0.2) is 49.7 Å². The maximum Gasteiger partial charge on any atom is 0.244 e. The molecule has 0 aliphatic carbocycles. The molecule has 0 spiro atoms. The zero-order valence-corrected chi connectivity index (χ0v) is 16.6. The van der Waals surface area contributed by atoms with Gasteiger partial charge in [0.15, 0.2) is 0 Å². The fraction of sp³-hybridized carbons (Fsp3) is 0.278. The Hall–Kier alpha value is -1.67. The summed E-state index contributed by atoms with van der Waals surface area (Å²) in [6, 6.07) is 10.4. The highest BCUT2D eigenvalue weighted by molar-refractivity contribution is 7.89. The SMILES string of the molecule is O=C(Cc1ccccc1F)N1CCN(S(=O)(=O)c2cc(Cl)ccc2Cl)CC1. The third kappa shape index (κ3) is 4.43. The Morgan fingerprint density at radius 3 is 2.37 bits per heavy atom. The smallest absolute Gasteiger partial charge is 0.244 e. The first-order chi connectivity index (χ1) is 12.8. The van der Waals surface area contributed by atoms with Crippen LogP contribution in [0.3, 0.4) is 0 Å². The standard InChI is InChI=1S/C18H17Cl2FN2O3S/c19-14-5-6-15(20)17(12-14)27(25,26)23-9-7-22(8-10-23)18(24)11-13-3-1-2-4-16(13)21/h1-6,12H,7-11H2. The molecule has 0 atom stereocenters. The largest absolute Gasteiger partial charge is 0.340 e. The van der Waals surface area contributed by atoms with Crippen LogP contribution >= 0.6 is 23.2 Å². The van der Waals surface area contributed by atoms with Crippen molar-refractivity contribution in [3.05, 3.63) is 63.9 Å². The number of halogens is 3. The second kappa shape index (κ2) is 8.14. The van der Waals surface area contributed by atoms with Gasteiger partial charge in [-0.3, -0.25) is 4.79 Å². The minimum Gasteiger partial charge on any atom is -0.340 e. The quantitative estimate of drug-likeness (QED) is 0.747. The van der Waals surface area contributed by atoms with Crippen molar-refractivity contribution in [1.29, 1.82) is 0 Å². The average molecular weight is 431 g/mol. The molecule has 0 aromatic heterocycles. The molecule has 27 heavy (non-hydrogen) atoms. The number of carbonyl (C=O) groups excluding carboxylic acids is 1. The highest BCUT2D eigenvalue weighted by Gasteiger charge is 2.31. The molecule has 2 aromatic rings. The molecule has 2 aromatic carbocycles. The van der Waals surface area contributed by atoms with Crippen LogP contribution in [0.5, 0.6) is 0 Å². The summed E-state index contributed by atoms with van der Waals surface area (Å²) < 4.78 is 40.6. The number of hydrogen-bond donors (Lipinski definition) is 0. The number of amides is 1. The van der Waals surface area contributed by atoms with Crippen LogP contribution in [0.4, 0.5) is 4.39 Å². The second-order valence-electron chi connectivity index (χ2n) is 6.13. The number of benzene rings is 2. The van der Waals surface area contributed by atoms with Crippen LogP contribution in [0.2, 0.25) is 10.0 Å². The van der Waals surface area contributed by atoms with Gasteiger partial charge in [0.25, 0.3) is 0 Å². The molecule has 0 N–H and O–H groups in total. The summed E-state index contributed by atoms with van der Waals surface area (Å²) in [7, 11) is -3.81. The summed E-state index contributed by atoms with van der Waals surface area (Å²) in [4.78, 5) is 13.9. The molecular weight excluding hydrogens is 414 g/mol. The van der Waals surface area contributed by atoms with Gasteiger partial charge in [0.2, 0.25) is 15.9 Å². The van der Waals surface area contributed by atoms with Crippen LogP contribution in [0, 0.1) is 5.82 Å². The van der Waals surface area contributed by atoms with Gasteiger partial charge >= 0.3 is 0 Å². The van der Waals surface area contributed by atoms with Crippen molar-refractivity contribution in [2.24, 2.45) is 0 Å². The lowest BCUT2D eigenvalue weighted by Crippen LogP contribution is -2.50. The summed E-state index contributed by atoms with van der Waals surface area (Å²) in [5.74, 6) is -0.666.